The van der Waals surface area contributed by atoms with Gasteiger partial charge in [0.2, 0.25) is 18.2 Å². The van der Waals surface area contributed by atoms with Crippen LogP contribution in [0.2, 0.25) is 5.02 Å². The molecule has 0 radical (unpaired) electrons. The molecule has 0 spiro atoms. The van der Waals surface area contributed by atoms with E-state index in [1.54, 1.807) is 42.5 Å². The highest BCUT2D eigenvalue weighted by atomic mass is 35.5. The lowest BCUT2D eigenvalue weighted by atomic mass is 9.92. The maximum absolute atomic E-state index is 15.1. The van der Waals surface area contributed by atoms with Gasteiger partial charge in [-0.1, -0.05) is 42.5 Å². The molecule has 4 atom stereocenters. The molecule has 2 aliphatic carbocycles. The van der Waals surface area contributed by atoms with Gasteiger partial charge in [0, 0.05) is 40.4 Å². The molecule has 3 N–H and O–H groups in total. The number of allylic oxidation sites excluding steroid dienone is 4. The molecule has 0 heterocycles. The number of hydrogen-bond acceptors (Lipinski definition) is 4. The molecule has 1 fully saturated rings. The summed E-state index contributed by atoms with van der Waals surface area (Å²) < 4.78 is 15.1. The summed E-state index contributed by atoms with van der Waals surface area (Å²) >= 11 is 5.90. The lowest BCUT2D eigenvalue weighted by Crippen LogP contribution is -2.36. The Labute approximate surface area is 224 Å². The normalized spacial score (nSPS) is 22.4. The van der Waals surface area contributed by atoms with E-state index in [2.05, 4.69) is 22.5 Å². The summed E-state index contributed by atoms with van der Waals surface area (Å²) in [6, 6.07) is 10.8. The largest absolute Gasteiger partial charge is 0.356 e. The summed E-state index contributed by atoms with van der Waals surface area (Å²) in [5.74, 6) is -3.25. The molecule has 0 aromatic heterocycles. The molecule has 2 aromatic carbocycles. The Morgan fingerprint density at radius 2 is 1.74 bits per heavy atom. The molecular formula is C29H27ClFN3O4. The fourth-order valence-corrected chi connectivity index (χ4v) is 5.00. The van der Waals surface area contributed by atoms with Gasteiger partial charge in [0.15, 0.2) is 5.78 Å². The molecule has 3 amide bonds. The van der Waals surface area contributed by atoms with Crippen LogP contribution in [0.4, 0.5) is 10.1 Å². The van der Waals surface area contributed by atoms with Crippen LogP contribution in [0.3, 0.4) is 0 Å². The first-order valence-electron chi connectivity index (χ1n) is 12.2. The van der Waals surface area contributed by atoms with Crippen molar-refractivity contribution in [1.29, 1.82) is 0 Å². The number of carbonyl (C=O) groups excluding carboxylic acids is 4. The summed E-state index contributed by atoms with van der Waals surface area (Å²) in [7, 11) is 0. The topological polar surface area (TPSA) is 104 Å². The first kappa shape index (κ1) is 27.0. The predicted molar refractivity (Wildman–Crippen MR) is 144 cm³/mol. The summed E-state index contributed by atoms with van der Waals surface area (Å²) in [6.45, 7) is 3.83. The Hall–Kier alpha value is -4.04. The van der Waals surface area contributed by atoms with Crippen molar-refractivity contribution in [2.24, 2.45) is 11.8 Å². The molecule has 2 aliphatic rings. The first-order valence-corrected chi connectivity index (χ1v) is 12.6. The summed E-state index contributed by atoms with van der Waals surface area (Å²) in [5.41, 5.74) is 1.32. The van der Waals surface area contributed by atoms with E-state index in [4.69, 9.17) is 11.6 Å². The van der Waals surface area contributed by atoms with Crippen molar-refractivity contribution in [3.8, 4) is 0 Å². The van der Waals surface area contributed by atoms with Gasteiger partial charge in [-0.3, -0.25) is 19.2 Å². The van der Waals surface area contributed by atoms with Crippen LogP contribution in [-0.2, 0) is 19.2 Å². The molecule has 38 heavy (non-hydrogen) atoms. The van der Waals surface area contributed by atoms with Gasteiger partial charge in [-0.15, -0.1) is 0 Å². The minimum absolute atomic E-state index is 0.0465. The maximum Gasteiger partial charge on any atom is 0.228 e. The van der Waals surface area contributed by atoms with Crippen LogP contribution < -0.4 is 16.0 Å². The summed E-state index contributed by atoms with van der Waals surface area (Å²) in [4.78, 5) is 49.2. The predicted octanol–water partition coefficient (Wildman–Crippen LogP) is 4.51. The Kier molecular flexibility index (Phi) is 8.53. The number of anilines is 1. The zero-order chi connectivity index (χ0) is 27.2. The van der Waals surface area contributed by atoms with Crippen molar-refractivity contribution in [1.82, 2.24) is 10.6 Å². The number of halogens is 2. The van der Waals surface area contributed by atoms with Crippen LogP contribution in [-0.4, -0.2) is 30.0 Å². The second-order valence-corrected chi connectivity index (χ2v) is 9.83. The minimum Gasteiger partial charge on any atom is -0.356 e. The van der Waals surface area contributed by atoms with Crippen LogP contribution in [0.5, 0.6) is 0 Å². The quantitative estimate of drug-likeness (QED) is 0.432. The summed E-state index contributed by atoms with van der Waals surface area (Å²) in [6.07, 6.45) is 8.04. The lowest BCUT2D eigenvalue weighted by molar-refractivity contribution is -0.130. The molecule has 9 heteroatoms. The van der Waals surface area contributed by atoms with Gasteiger partial charge in [0.1, 0.15) is 5.82 Å². The molecule has 7 nitrogen and oxygen atoms in total. The fraction of sp³-hybridized carbons (Fsp3) is 0.241. The molecule has 1 saturated carbocycles. The average molecular weight is 536 g/mol. The first-order chi connectivity index (χ1) is 18.2. The fourth-order valence-electron chi connectivity index (χ4n) is 4.88. The van der Waals surface area contributed by atoms with Crippen molar-refractivity contribution in [3.63, 3.8) is 0 Å². The average Bonchev–Trinajstić information content (AvgIpc) is 3.19. The molecule has 4 rings (SSSR count). The zero-order valence-corrected chi connectivity index (χ0v) is 21.2. The van der Waals surface area contributed by atoms with E-state index >= 15 is 4.39 Å². The van der Waals surface area contributed by atoms with Gasteiger partial charge in [-0.05, 0) is 60.9 Å². The second-order valence-electron chi connectivity index (χ2n) is 9.39. The Morgan fingerprint density at radius 1 is 1.03 bits per heavy atom. The number of hydrogen-bond donors (Lipinski definition) is 3. The summed E-state index contributed by atoms with van der Waals surface area (Å²) in [5, 5.41) is 8.61. The Morgan fingerprint density at radius 3 is 2.42 bits per heavy atom. The molecule has 0 bridgehead atoms. The van der Waals surface area contributed by atoms with Crippen molar-refractivity contribution in [2.45, 2.75) is 31.2 Å². The number of amides is 3. The Balaban J connectivity index is 1.46. The van der Waals surface area contributed by atoms with Gasteiger partial charge >= 0.3 is 0 Å². The highest BCUT2D eigenvalue weighted by Gasteiger charge is 2.43. The van der Waals surface area contributed by atoms with Gasteiger partial charge in [0.25, 0.3) is 0 Å². The van der Waals surface area contributed by atoms with Crippen LogP contribution in [0.1, 0.15) is 36.3 Å². The van der Waals surface area contributed by atoms with Gasteiger partial charge in [0.05, 0.1) is 11.8 Å². The molecule has 0 aliphatic heterocycles. The van der Waals surface area contributed by atoms with Gasteiger partial charge in [-0.2, -0.15) is 0 Å². The number of rotatable bonds is 8. The molecule has 0 saturated heterocycles. The van der Waals surface area contributed by atoms with Gasteiger partial charge < -0.3 is 16.0 Å². The van der Waals surface area contributed by atoms with Crippen molar-refractivity contribution >= 4 is 47.0 Å². The van der Waals surface area contributed by atoms with E-state index in [0.29, 0.717) is 22.7 Å². The minimum atomic E-state index is -0.770. The molecule has 3 unspecified atom stereocenters. The van der Waals surface area contributed by atoms with E-state index in [1.807, 2.05) is 6.08 Å². The van der Waals surface area contributed by atoms with E-state index in [-0.39, 0.29) is 54.2 Å². The third-order valence-electron chi connectivity index (χ3n) is 6.83. The highest BCUT2D eigenvalue weighted by Crippen LogP contribution is 2.34. The smallest absolute Gasteiger partial charge is 0.228 e. The zero-order valence-electron chi connectivity index (χ0n) is 20.5. The van der Waals surface area contributed by atoms with Gasteiger partial charge in [-0.25, -0.2) is 4.39 Å². The number of carbonyl (C=O) groups is 4. The number of nitrogens with one attached hydrogen (secondary N) is 3. The standard InChI is InChI=1S/C29H27ClFN3O4/c1-17(24-11-6-19(13-27(24)31)18-4-2-3-5-23(36)12-18)33-28(37)25-14-22(32-16-35)15-26(25)29(38)34-21-9-7-20(30)8-10-21/h2-11,13,16,18,22,25-26H,1,12,14-15H2,(H,32,35)(H,33,37)(H,34,38)/t18?,22?,25?,26-/m0/s1. The Bertz CT molecular complexity index is 1320. The van der Waals surface area contributed by atoms with Crippen LogP contribution >= 0.6 is 11.6 Å². The van der Waals surface area contributed by atoms with Crippen LogP contribution in [0.25, 0.3) is 5.70 Å². The van der Waals surface area contributed by atoms with Crippen LogP contribution in [0, 0.1) is 17.7 Å². The van der Waals surface area contributed by atoms with E-state index < -0.39 is 23.6 Å². The third-order valence-corrected chi connectivity index (χ3v) is 7.08. The SMILES string of the molecule is C=C(NC(=O)C1CC(NC=O)C[C@@H]1C(=O)Nc1ccc(Cl)cc1)c1ccc(C2C=CC=CC(=O)C2)cc1F. The second kappa shape index (κ2) is 12.0. The van der Waals surface area contributed by atoms with Crippen molar-refractivity contribution in [3.05, 3.63) is 95.3 Å². The highest BCUT2D eigenvalue weighted by molar-refractivity contribution is 6.30. The lowest BCUT2D eigenvalue weighted by Gasteiger charge is -2.20. The molecule has 2 aromatic rings. The van der Waals surface area contributed by atoms with E-state index in [1.165, 1.54) is 18.2 Å². The number of ketones is 1. The van der Waals surface area contributed by atoms with Crippen molar-refractivity contribution in [2.75, 3.05) is 5.32 Å². The van der Waals surface area contributed by atoms with Crippen molar-refractivity contribution < 1.29 is 23.6 Å². The maximum atomic E-state index is 15.1. The monoisotopic (exact) mass is 535 g/mol. The van der Waals surface area contributed by atoms with E-state index in [0.717, 1.165) is 0 Å². The molecule has 196 valence electrons. The molecular weight excluding hydrogens is 509 g/mol. The van der Waals surface area contributed by atoms with E-state index in [9.17, 15) is 19.2 Å². The van der Waals surface area contributed by atoms with Crippen LogP contribution in [0.15, 0.2) is 73.3 Å². The third kappa shape index (κ3) is 6.44. The number of benzene rings is 2.